The number of fused-ring (bicyclic) bond motifs is 1. The van der Waals surface area contributed by atoms with Gasteiger partial charge < -0.3 is 9.64 Å². The molecule has 2 aromatic rings. The summed E-state index contributed by atoms with van der Waals surface area (Å²) >= 11 is 0. The molecule has 8 heteroatoms. The van der Waals surface area contributed by atoms with Crippen molar-refractivity contribution in [2.24, 2.45) is 0 Å². The molecule has 7 nitrogen and oxygen atoms in total. The van der Waals surface area contributed by atoms with Gasteiger partial charge in [-0.05, 0) is 37.5 Å². The molecule has 1 aromatic heterocycles. The van der Waals surface area contributed by atoms with E-state index in [-0.39, 0.29) is 10.8 Å². The number of nitrogens with zero attached hydrogens (tertiary/aromatic N) is 3. The molecule has 0 spiro atoms. The van der Waals surface area contributed by atoms with Crippen LogP contribution in [0.1, 0.15) is 18.4 Å². The number of morpholine rings is 1. The smallest absolute Gasteiger partial charge is 0.245 e. The first-order chi connectivity index (χ1) is 13.0. The lowest BCUT2D eigenvalue weighted by atomic mass is 10.2. The molecule has 0 radical (unpaired) electrons. The number of rotatable bonds is 3. The zero-order valence-electron chi connectivity index (χ0n) is 15.3. The lowest BCUT2D eigenvalue weighted by Gasteiger charge is -2.32. The van der Waals surface area contributed by atoms with E-state index in [0.29, 0.717) is 51.2 Å². The molecule has 1 aromatic carbocycles. The van der Waals surface area contributed by atoms with Crippen LogP contribution < -0.4 is 0 Å². The van der Waals surface area contributed by atoms with Crippen LogP contribution in [0.5, 0.6) is 0 Å². The fourth-order valence-corrected chi connectivity index (χ4v) is 5.66. The molecule has 1 atom stereocenters. The van der Waals surface area contributed by atoms with Crippen LogP contribution in [0.25, 0.3) is 10.9 Å². The predicted octanol–water partition coefficient (Wildman–Crippen LogP) is 1.56. The molecule has 144 valence electrons. The zero-order valence-corrected chi connectivity index (χ0v) is 16.1. The number of sulfonamides is 1. The SMILES string of the molecule is Cc1cnc2c(S(=O)(=O)N3CCCC3C(=O)N3CCOCC3)cccc2c1. The van der Waals surface area contributed by atoms with E-state index in [9.17, 15) is 13.2 Å². The van der Waals surface area contributed by atoms with E-state index < -0.39 is 16.1 Å². The van der Waals surface area contributed by atoms with Crippen LogP contribution in [0, 0.1) is 6.92 Å². The molecule has 4 rings (SSSR count). The van der Waals surface area contributed by atoms with Crippen molar-refractivity contribution in [2.75, 3.05) is 32.8 Å². The van der Waals surface area contributed by atoms with Crippen molar-refractivity contribution in [1.29, 1.82) is 0 Å². The van der Waals surface area contributed by atoms with Crippen LogP contribution in [0.4, 0.5) is 0 Å². The molecule has 0 aliphatic carbocycles. The second-order valence-corrected chi connectivity index (χ2v) is 8.91. The number of aromatic nitrogens is 1. The Hall–Kier alpha value is -2.03. The van der Waals surface area contributed by atoms with Crippen molar-refractivity contribution < 1.29 is 17.9 Å². The quantitative estimate of drug-likeness (QED) is 0.796. The van der Waals surface area contributed by atoms with Crippen molar-refractivity contribution in [3.05, 3.63) is 36.0 Å². The lowest BCUT2D eigenvalue weighted by Crippen LogP contribution is -2.51. The topological polar surface area (TPSA) is 79.8 Å². The van der Waals surface area contributed by atoms with Gasteiger partial charge in [-0.15, -0.1) is 0 Å². The predicted molar refractivity (Wildman–Crippen MR) is 101 cm³/mol. The monoisotopic (exact) mass is 389 g/mol. The summed E-state index contributed by atoms with van der Waals surface area (Å²) < 4.78 is 33.5. The van der Waals surface area contributed by atoms with Gasteiger partial charge in [0, 0.05) is 31.2 Å². The second-order valence-electron chi connectivity index (χ2n) is 7.05. The third kappa shape index (κ3) is 3.33. The van der Waals surface area contributed by atoms with Crippen molar-refractivity contribution in [1.82, 2.24) is 14.2 Å². The number of para-hydroxylation sites is 1. The highest BCUT2D eigenvalue weighted by Crippen LogP contribution is 2.31. The van der Waals surface area contributed by atoms with Gasteiger partial charge in [0.1, 0.15) is 10.9 Å². The van der Waals surface area contributed by atoms with Gasteiger partial charge in [0.05, 0.1) is 18.7 Å². The fourth-order valence-electron chi connectivity index (χ4n) is 3.85. The highest BCUT2D eigenvalue weighted by atomic mass is 32.2. The Morgan fingerprint density at radius 2 is 2.00 bits per heavy atom. The molecule has 2 aliphatic heterocycles. The van der Waals surface area contributed by atoms with Crippen LogP contribution >= 0.6 is 0 Å². The molecular weight excluding hydrogens is 366 g/mol. The Balaban J connectivity index is 1.70. The number of ether oxygens (including phenoxy) is 1. The summed E-state index contributed by atoms with van der Waals surface area (Å²) in [5, 5.41) is 0.784. The number of carbonyl (C=O) groups is 1. The number of aryl methyl sites for hydroxylation is 1. The minimum Gasteiger partial charge on any atom is -0.378 e. The molecule has 1 unspecified atom stereocenters. The maximum Gasteiger partial charge on any atom is 0.245 e. The highest BCUT2D eigenvalue weighted by Gasteiger charge is 2.42. The van der Waals surface area contributed by atoms with E-state index in [2.05, 4.69) is 4.98 Å². The maximum atomic E-state index is 13.4. The molecule has 0 N–H and O–H groups in total. The first kappa shape index (κ1) is 18.3. The Morgan fingerprint density at radius 1 is 1.22 bits per heavy atom. The van der Waals surface area contributed by atoms with Gasteiger partial charge in [-0.3, -0.25) is 9.78 Å². The molecule has 2 aliphatic rings. The van der Waals surface area contributed by atoms with E-state index in [1.807, 2.05) is 19.1 Å². The van der Waals surface area contributed by atoms with Crippen LogP contribution in [-0.4, -0.2) is 67.4 Å². The summed E-state index contributed by atoms with van der Waals surface area (Å²) in [6.45, 7) is 4.29. The van der Waals surface area contributed by atoms with Gasteiger partial charge in [-0.2, -0.15) is 4.31 Å². The lowest BCUT2D eigenvalue weighted by molar-refractivity contribution is -0.138. The largest absolute Gasteiger partial charge is 0.378 e. The third-order valence-corrected chi connectivity index (χ3v) is 7.15. The zero-order chi connectivity index (χ0) is 19.0. The Labute approximate surface area is 159 Å². The van der Waals surface area contributed by atoms with E-state index >= 15 is 0 Å². The van der Waals surface area contributed by atoms with Crippen molar-refractivity contribution in [3.63, 3.8) is 0 Å². The summed E-state index contributed by atoms with van der Waals surface area (Å²) in [6, 6.07) is 6.43. The summed E-state index contributed by atoms with van der Waals surface area (Å²) in [7, 11) is -3.82. The van der Waals surface area contributed by atoms with Gasteiger partial charge >= 0.3 is 0 Å². The number of hydrogen-bond donors (Lipinski definition) is 0. The minimum atomic E-state index is -3.82. The fraction of sp³-hybridized carbons (Fsp3) is 0.474. The van der Waals surface area contributed by atoms with Crippen LogP contribution in [0.2, 0.25) is 0 Å². The standard InChI is InChI=1S/C19H23N3O4S/c1-14-12-15-4-2-6-17(18(15)20-13-14)27(24,25)22-7-3-5-16(22)19(23)21-8-10-26-11-9-21/h2,4,6,12-13,16H,3,5,7-11H2,1H3. The molecule has 27 heavy (non-hydrogen) atoms. The van der Waals surface area contributed by atoms with Crippen LogP contribution in [0.15, 0.2) is 35.4 Å². The molecule has 0 bridgehead atoms. The van der Waals surface area contributed by atoms with Gasteiger partial charge in [0.2, 0.25) is 15.9 Å². The summed E-state index contributed by atoms with van der Waals surface area (Å²) in [6.07, 6.45) is 2.89. The molecule has 3 heterocycles. The molecule has 0 saturated carbocycles. The van der Waals surface area contributed by atoms with Crippen molar-refractivity contribution >= 4 is 26.8 Å². The van der Waals surface area contributed by atoms with Crippen LogP contribution in [0.3, 0.4) is 0 Å². The number of pyridine rings is 1. The Bertz CT molecular complexity index is 970. The van der Waals surface area contributed by atoms with Gasteiger partial charge in [0.25, 0.3) is 0 Å². The minimum absolute atomic E-state index is 0.122. The Kier molecular flexibility index (Phi) is 4.88. The van der Waals surface area contributed by atoms with E-state index in [0.717, 1.165) is 10.9 Å². The number of carbonyl (C=O) groups excluding carboxylic acids is 1. The highest BCUT2D eigenvalue weighted by molar-refractivity contribution is 7.89. The van der Waals surface area contributed by atoms with Crippen molar-refractivity contribution in [3.8, 4) is 0 Å². The van der Waals surface area contributed by atoms with Crippen molar-refractivity contribution in [2.45, 2.75) is 30.7 Å². The molecular formula is C19H23N3O4S. The first-order valence-electron chi connectivity index (χ1n) is 9.22. The number of hydrogen-bond acceptors (Lipinski definition) is 5. The second kappa shape index (κ2) is 7.18. The van der Waals surface area contributed by atoms with E-state index in [4.69, 9.17) is 4.74 Å². The summed E-state index contributed by atoms with van der Waals surface area (Å²) in [4.78, 5) is 19.2. The van der Waals surface area contributed by atoms with Gasteiger partial charge in [-0.25, -0.2) is 8.42 Å². The molecule has 1 amide bonds. The average Bonchev–Trinajstić information content (AvgIpc) is 3.18. The first-order valence-corrected chi connectivity index (χ1v) is 10.7. The average molecular weight is 389 g/mol. The van der Waals surface area contributed by atoms with E-state index in [1.165, 1.54) is 4.31 Å². The number of benzene rings is 1. The van der Waals surface area contributed by atoms with Crippen LogP contribution in [-0.2, 0) is 19.6 Å². The Morgan fingerprint density at radius 3 is 2.78 bits per heavy atom. The summed E-state index contributed by atoms with van der Waals surface area (Å²) in [5.41, 5.74) is 1.42. The molecule has 2 fully saturated rings. The normalized spacial score (nSPS) is 21.7. The third-order valence-electron chi connectivity index (χ3n) is 5.21. The van der Waals surface area contributed by atoms with Gasteiger partial charge in [-0.1, -0.05) is 12.1 Å². The number of amides is 1. The molecule has 2 saturated heterocycles. The maximum absolute atomic E-state index is 13.4. The van der Waals surface area contributed by atoms with E-state index in [1.54, 1.807) is 23.2 Å². The van der Waals surface area contributed by atoms with Gasteiger partial charge in [0.15, 0.2) is 0 Å². The summed E-state index contributed by atoms with van der Waals surface area (Å²) in [5.74, 6) is -0.122.